The van der Waals surface area contributed by atoms with Gasteiger partial charge in [-0.15, -0.1) is 0 Å². The van der Waals surface area contributed by atoms with Crippen molar-refractivity contribution in [2.45, 2.75) is 39.3 Å². The molecule has 1 rings (SSSR count). The van der Waals surface area contributed by atoms with Crippen LogP contribution in [0.1, 0.15) is 38.8 Å². The highest BCUT2D eigenvalue weighted by molar-refractivity contribution is 5.67. The molecule has 0 amide bonds. The second-order valence-electron chi connectivity index (χ2n) is 4.23. The quantitative estimate of drug-likeness (QED) is 0.823. The summed E-state index contributed by atoms with van der Waals surface area (Å²) in [5, 5.41) is 8.84. The molecule has 0 aliphatic heterocycles. The fourth-order valence-corrected chi connectivity index (χ4v) is 2.17. The van der Waals surface area contributed by atoms with E-state index >= 15 is 0 Å². The van der Waals surface area contributed by atoms with E-state index in [1.807, 2.05) is 19.1 Å². The summed E-state index contributed by atoms with van der Waals surface area (Å²) in [5.41, 5.74) is 1.17. The molecule has 0 saturated heterocycles. The van der Waals surface area contributed by atoms with Crippen molar-refractivity contribution in [1.82, 2.24) is 9.88 Å². The number of carboxylic acid groups (broad SMARTS) is 1. The van der Waals surface area contributed by atoms with Gasteiger partial charge in [-0.3, -0.25) is 14.7 Å². The molecule has 4 heteroatoms. The van der Waals surface area contributed by atoms with Crippen LogP contribution in [0.2, 0.25) is 0 Å². The van der Waals surface area contributed by atoms with E-state index in [2.05, 4.69) is 23.7 Å². The summed E-state index contributed by atoms with van der Waals surface area (Å²) < 4.78 is 0. The Balaban J connectivity index is 2.76. The maximum atomic E-state index is 10.8. The molecule has 94 valence electrons. The maximum absolute atomic E-state index is 10.8. The van der Waals surface area contributed by atoms with Crippen molar-refractivity contribution in [3.05, 3.63) is 30.1 Å². The first-order valence-electron chi connectivity index (χ1n) is 5.93. The molecule has 1 aromatic rings. The zero-order valence-corrected chi connectivity index (χ0v) is 10.6. The molecule has 0 bridgehead atoms. The lowest BCUT2D eigenvalue weighted by molar-refractivity contribution is -0.138. The van der Waals surface area contributed by atoms with E-state index in [1.165, 1.54) is 5.56 Å². The van der Waals surface area contributed by atoms with Gasteiger partial charge in [0.25, 0.3) is 0 Å². The van der Waals surface area contributed by atoms with Crippen LogP contribution in [0.3, 0.4) is 0 Å². The Labute approximate surface area is 102 Å². The fraction of sp³-hybridized carbons (Fsp3) is 0.538. The number of nitrogens with zero attached hydrogens (tertiary/aromatic N) is 2. The smallest absolute Gasteiger partial charge is 0.304 e. The Kier molecular flexibility index (Phi) is 5.10. The van der Waals surface area contributed by atoms with Gasteiger partial charge in [0.1, 0.15) is 0 Å². The number of rotatable bonds is 6. The largest absolute Gasteiger partial charge is 0.481 e. The van der Waals surface area contributed by atoms with Crippen LogP contribution >= 0.6 is 0 Å². The summed E-state index contributed by atoms with van der Waals surface area (Å²) >= 11 is 0. The Hall–Kier alpha value is -1.42. The number of carbonyl (C=O) groups is 1. The summed E-state index contributed by atoms with van der Waals surface area (Å²) in [6, 6.07) is 4.18. The molecule has 0 aromatic carbocycles. The molecule has 0 saturated carbocycles. The predicted molar refractivity (Wildman–Crippen MR) is 66.7 cm³/mol. The molecule has 0 radical (unpaired) electrons. The molecule has 17 heavy (non-hydrogen) atoms. The van der Waals surface area contributed by atoms with Gasteiger partial charge in [0.2, 0.25) is 0 Å². The maximum Gasteiger partial charge on any atom is 0.304 e. The van der Waals surface area contributed by atoms with Crippen molar-refractivity contribution in [3.8, 4) is 0 Å². The minimum atomic E-state index is -0.752. The number of pyridine rings is 1. The molecule has 0 spiro atoms. The van der Waals surface area contributed by atoms with Crippen LogP contribution in [0, 0.1) is 0 Å². The van der Waals surface area contributed by atoms with Crippen molar-refractivity contribution >= 4 is 5.97 Å². The van der Waals surface area contributed by atoms with Gasteiger partial charge in [0.15, 0.2) is 0 Å². The van der Waals surface area contributed by atoms with Crippen molar-refractivity contribution in [2.24, 2.45) is 0 Å². The van der Waals surface area contributed by atoms with Gasteiger partial charge in [-0.05, 0) is 38.1 Å². The van der Waals surface area contributed by atoms with Crippen LogP contribution < -0.4 is 0 Å². The van der Waals surface area contributed by atoms with Crippen molar-refractivity contribution in [1.29, 1.82) is 0 Å². The van der Waals surface area contributed by atoms with E-state index < -0.39 is 5.97 Å². The topological polar surface area (TPSA) is 53.4 Å². The number of aliphatic carboxylic acids is 1. The SMILES string of the molecule is CCN(C(C)CC(=O)O)C(C)c1ccncc1. The third-order valence-electron chi connectivity index (χ3n) is 3.09. The van der Waals surface area contributed by atoms with Crippen LogP contribution in [0.5, 0.6) is 0 Å². The molecule has 0 aliphatic rings. The Morgan fingerprint density at radius 2 is 2.00 bits per heavy atom. The number of carboxylic acids is 1. The first kappa shape index (κ1) is 13.6. The minimum Gasteiger partial charge on any atom is -0.481 e. The third kappa shape index (κ3) is 3.82. The van der Waals surface area contributed by atoms with E-state index in [0.29, 0.717) is 0 Å². The minimum absolute atomic E-state index is 0.0284. The summed E-state index contributed by atoms with van der Waals surface area (Å²) in [5.74, 6) is -0.752. The summed E-state index contributed by atoms with van der Waals surface area (Å²) in [4.78, 5) is 16.9. The van der Waals surface area contributed by atoms with E-state index in [1.54, 1.807) is 12.4 Å². The van der Waals surface area contributed by atoms with Gasteiger partial charge in [0.05, 0.1) is 6.42 Å². The Morgan fingerprint density at radius 1 is 1.41 bits per heavy atom. The second kappa shape index (κ2) is 6.35. The lowest BCUT2D eigenvalue weighted by Crippen LogP contribution is -2.36. The van der Waals surface area contributed by atoms with E-state index in [0.717, 1.165) is 6.54 Å². The van der Waals surface area contributed by atoms with Crippen LogP contribution in [-0.4, -0.2) is 33.5 Å². The average molecular weight is 236 g/mol. The third-order valence-corrected chi connectivity index (χ3v) is 3.09. The zero-order valence-electron chi connectivity index (χ0n) is 10.6. The molecule has 0 aliphatic carbocycles. The van der Waals surface area contributed by atoms with Gasteiger partial charge in [-0.25, -0.2) is 0 Å². The fourth-order valence-electron chi connectivity index (χ4n) is 2.17. The van der Waals surface area contributed by atoms with Crippen LogP contribution in [0.15, 0.2) is 24.5 Å². The van der Waals surface area contributed by atoms with Crippen LogP contribution in [-0.2, 0) is 4.79 Å². The Morgan fingerprint density at radius 3 is 2.47 bits per heavy atom. The van der Waals surface area contributed by atoms with E-state index in [-0.39, 0.29) is 18.5 Å². The van der Waals surface area contributed by atoms with Gasteiger partial charge in [0, 0.05) is 24.5 Å². The van der Waals surface area contributed by atoms with E-state index in [9.17, 15) is 4.79 Å². The number of hydrogen-bond donors (Lipinski definition) is 1. The Bertz CT molecular complexity index is 354. The highest BCUT2D eigenvalue weighted by Crippen LogP contribution is 2.22. The summed E-state index contributed by atoms with van der Waals surface area (Å²) in [6.45, 7) is 6.93. The lowest BCUT2D eigenvalue weighted by atomic mass is 10.1. The molecule has 1 N–H and O–H groups in total. The van der Waals surface area contributed by atoms with Crippen molar-refractivity contribution in [3.63, 3.8) is 0 Å². The number of hydrogen-bond acceptors (Lipinski definition) is 3. The standard InChI is InChI=1S/C13H20N2O2/c1-4-15(10(2)9-13(16)17)11(3)12-5-7-14-8-6-12/h5-8,10-11H,4,9H2,1-3H3,(H,16,17). The lowest BCUT2D eigenvalue weighted by Gasteiger charge is -2.33. The molecule has 2 unspecified atom stereocenters. The second-order valence-corrected chi connectivity index (χ2v) is 4.23. The molecule has 1 aromatic heterocycles. The molecule has 2 atom stereocenters. The van der Waals surface area contributed by atoms with Gasteiger partial charge in [-0.1, -0.05) is 6.92 Å². The molecule has 1 heterocycles. The predicted octanol–water partition coefficient (Wildman–Crippen LogP) is 2.33. The van der Waals surface area contributed by atoms with Crippen LogP contribution in [0.4, 0.5) is 0 Å². The van der Waals surface area contributed by atoms with Gasteiger partial charge in [-0.2, -0.15) is 0 Å². The normalized spacial score (nSPS) is 14.6. The molecule has 0 fully saturated rings. The molecular formula is C13H20N2O2. The van der Waals surface area contributed by atoms with E-state index in [4.69, 9.17) is 5.11 Å². The summed E-state index contributed by atoms with van der Waals surface area (Å²) in [7, 11) is 0. The van der Waals surface area contributed by atoms with Crippen LogP contribution in [0.25, 0.3) is 0 Å². The molecule has 4 nitrogen and oxygen atoms in total. The average Bonchev–Trinajstić information content (AvgIpc) is 2.30. The van der Waals surface area contributed by atoms with Crippen molar-refractivity contribution in [2.75, 3.05) is 6.54 Å². The first-order valence-corrected chi connectivity index (χ1v) is 5.93. The van der Waals surface area contributed by atoms with Gasteiger partial charge < -0.3 is 5.11 Å². The highest BCUT2D eigenvalue weighted by atomic mass is 16.4. The summed E-state index contributed by atoms with van der Waals surface area (Å²) in [6.07, 6.45) is 3.70. The highest BCUT2D eigenvalue weighted by Gasteiger charge is 2.21. The first-order chi connectivity index (χ1) is 8.06. The molecular weight excluding hydrogens is 216 g/mol. The van der Waals surface area contributed by atoms with Gasteiger partial charge >= 0.3 is 5.97 Å². The monoisotopic (exact) mass is 236 g/mol. The zero-order chi connectivity index (χ0) is 12.8. The number of aromatic nitrogens is 1. The van der Waals surface area contributed by atoms with Crippen molar-refractivity contribution < 1.29 is 9.90 Å².